The summed E-state index contributed by atoms with van der Waals surface area (Å²) < 4.78 is 0. The van der Waals surface area contributed by atoms with Gasteiger partial charge in [0.15, 0.2) is 0 Å². The van der Waals surface area contributed by atoms with E-state index in [4.69, 9.17) is 5.73 Å². The first-order valence-corrected chi connectivity index (χ1v) is 7.51. The van der Waals surface area contributed by atoms with Crippen molar-refractivity contribution >= 4 is 11.4 Å². The normalized spacial score (nSPS) is 11.3. The van der Waals surface area contributed by atoms with Crippen molar-refractivity contribution < 1.29 is 0 Å². The number of rotatable bonds is 7. The number of para-hydroxylation sites is 1. The SMILES string of the molecule is Cc1cccc(N)c1N(CCC(C)C)CCC(C)C. The Bertz CT molecular complexity index is 351. The molecular formula is C17H30N2. The van der Waals surface area contributed by atoms with Gasteiger partial charge in [-0.15, -0.1) is 0 Å². The summed E-state index contributed by atoms with van der Waals surface area (Å²) in [5, 5.41) is 0. The Kier molecular flexibility index (Phi) is 6.20. The molecule has 0 aliphatic carbocycles. The fraction of sp³-hybridized carbons (Fsp3) is 0.647. The first kappa shape index (κ1) is 15.9. The molecule has 0 spiro atoms. The number of benzene rings is 1. The maximum Gasteiger partial charge on any atom is 0.0629 e. The lowest BCUT2D eigenvalue weighted by Gasteiger charge is -2.29. The van der Waals surface area contributed by atoms with Crippen LogP contribution in [-0.4, -0.2) is 13.1 Å². The van der Waals surface area contributed by atoms with E-state index in [0.717, 1.165) is 30.6 Å². The van der Waals surface area contributed by atoms with Crippen molar-refractivity contribution in [1.29, 1.82) is 0 Å². The molecule has 19 heavy (non-hydrogen) atoms. The van der Waals surface area contributed by atoms with Gasteiger partial charge >= 0.3 is 0 Å². The van der Waals surface area contributed by atoms with Crippen molar-refractivity contribution in [3.63, 3.8) is 0 Å². The fourth-order valence-corrected chi connectivity index (χ4v) is 2.28. The molecule has 0 radical (unpaired) electrons. The van der Waals surface area contributed by atoms with E-state index in [0.29, 0.717) is 0 Å². The Balaban J connectivity index is 2.87. The zero-order chi connectivity index (χ0) is 14.4. The van der Waals surface area contributed by atoms with E-state index in [9.17, 15) is 0 Å². The minimum Gasteiger partial charge on any atom is -0.397 e. The van der Waals surface area contributed by atoms with Crippen LogP contribution in [0.4, 0.5) is 11.4 Å². The zero-order valence-electron chi connectivity index (χ0n) is 13.2. The van der Waals surface area contributed by atoms with E-state index in [1.54, 1.807) is 0 Å². The standard InChI is InChI=1S/C17H30N2/c1-13(2)9-11-19(12-10-14(3)4)17-15(5)7-6-8-16(17)18/h6-8,13-14H,9-12,18H2,1-5H3. The van der Waals surface area contributed by atoms with E-state index in [-0.39, 0.29) is 0 Å². The molecule has 1 aromatic rings. The average molecular weight is 262 g/mol. The maximum atomic E-state index is 6.19. The van der Waals surface area contributed by atoms with Crippen LogP contribution in [0.3, 0.4) is 0 Å². The highest BCUT2D eigenvalue weighted by Gasteiger charge is 2.13. The number of aryl methyl sites for hydroxylation is 1. The maximum absolute atomic E-state index is 6.19. The Hall–Kier alpha value is -1.18. The molecule has 1 aromatic carbocycles. The summed E-state index contributed by atoms with van der Waals surface area (Å²) in [6, 6.07) is 6.21. The average Bonchev–Trinajstić information content (AvgIpc) is 2.30. The third-order valence-corrected chi connectivity index (χ3v) is 3.54. The second kappa shape index (κ2) is 7.42. The van der Waals surface area contributed by atoms with Gasteiger partial charge in [0.2, 0.25) is 0 Å². The van der Waals surface area contributed by atoms with Crippen LogP contribution in [0, 0.1) is 18.8 Å². The van der Waals surface area contributed by atoms with E-state index in [1.165, 1.54) is 24.1 Å². The molecule has 1 rings (SSSR count). The van der Waals surface area contributed by atoms with E-state index in [1.807, 2.05) is 12.1 Å². The highest BCUT2D eigenvalue weighted by molar-refractivity contribution is 5.71. The molecule has 0 atom stereocenters. The predicted molar refractivity (Wildman–Crippen MR) is 86.7 cm³/mol. The number of hydrogen-bond acceptors (Lipinski definition) is 2. The molecule has 0 aliphatic rings. The second-order valence-electron chi connectivity index (χ2n) is 6.36. The van der Waals surface area contributed by atoms with Crippen LogP contribution in [0.5, 0.6) is 0 Å². The quantitative estimate of drug-likeness (QED) is 0.734. The molecule has 0 aromatic heterocycles. The van der Waals surface area contributed by atoms with Gasteiger partial charge in [0.05, 0.1) is 11.4 Å². The molecule has 2 N–H and O–H groups in total. The van der Waals surface area contributed by atoms with E-state index >= 15 is 0 Å². The third kappa shape index (κ3) is 5.14. The molecule has 0 aliphatic heterocycles. The van der Waals surface area contributed by atoms with Crippen molar-refractivity contribution in [3.05, 3.63) is 23.8 Å². The van der Waals surface area contributed by atoms with Crippen molar-refractivity contribution in [2.75, 3.05) is 23.7 Å². The molecule has 108 valence electrons. The van der Waals surface area contributed by atoms with Gasteiger partial charge in [0.1, 0.15) is 0 Å². The number of nitrogen functional groups attached to an aromatic ring is 1. The molecule has 0 bridgehead atoms. The summed E-state index contributed by atoms with van der Waals surface area (Å²) in [4.78, 5) is 2.48. The van der Waals surface area contributed by atoms with Crippen LogP contribution in [0.2, 0.25) is 0 Å². The molecule has 0 amide bonds. The van der Waals surface area contributed by atoms with Crippen LogP contribution in [0.25, 0.3) is 0 Å². The topological polar surface area (TPSA) is 29.3 Å². The van der Waals surface area contributed by atoms with Gasteiger partial charge in [-0.3, -0.25) is 0 Å². The molecule has 0 unspecified atom stereocenters. The van der Waals surface area contributed by atoms with Gasteiger partial charge in [-0.25, -0.2) is 0 Å². The predicted octanol–water partition coefficient (Wildman–Crippen LogP) is 4.48. The second-order valence-corrected chi connectivity index (χ2v) is 6.36. The summed E-state index contributed by atoms with van der Waals surface area (Å²) in [6.07, 6.45) is 2.43. The van der Waals surface area contributed by atoms with Crippen LogP contribution >= 0.6 is 0 Å². The number of anilines is 2. The first-order valence-electron chi connectivity index (χ1n) is 7.51. The summed E-state index contributed by atoms with van der Waals surface area (Å²) in [7, 11) is 0. The molecular weight excluding hydrogens is 232 g/mol. The van der Waals surface area contributed by atoms with Crippen molar-refractivity contribution in [2.45, 2.75) is 47.5 Å². The van der Waals surface area contributed by atoms with Crippen molar-refractivity contribution in [1.82, 2.24) is 0 Å². The monoisotopic (exact) mass is 262 g/mol. The summed E-state index contributed by atoms with van der Waals surface area (Å²) >= 11 is 0. The molecule has 0 fully saturated rings. The molecule has 2 nitrogen and oxygen atoms in total. The lowest BCUT2D eigenvalue weighted by Crippen LogP contribution is -2.29. The number of nitrogens with zero attached hydrogens (tertiary/aromatic N) is 1. The molecule has 0 saturated heterocycles. The molecule has 0 saturated carbocycles. The Morgan fingerprint density at radius 3 is 1.95 bits per heavy atom. The fourth-order valence-electron chi connectivity index (χ4n) is 2.28. The van der Waals surface area contributed by atoms with E-state index < -0.39 is 0 Å². The molecule has 2 heteroatoms. The first-order chi connectivity index (χ1) is 8.91. The minimum absolute atomic E-state index is 0.729. The van der Waals surface area contributed by atoms with Crippen LogP contribution in [0.1, 0.15) is 46.1 Å². The molecule has 0 heterocycles. The summed E-state index contributed by atoms with van der Waals surface area (Å²) in [6.45, 7) is 13.5. The van der Waals surface area contributed by atoms with Crippen LogP contribution in [-0.2, 0) is 0 Å². The third-order valence-electron chi connectivity index (χ3n) is 3.54. The van der Waals surface area contributed by atoms with E-state index in [2.05, 4.69) is 45.6 Å². The summed E-state index contributed by atoms with van der Waals surface area (Å²) in [5.74, 6) is 1.46. The van der Waals surface area contributed by atoms with Crippen LogP contribution < -0.4 is 10.6 Å². The number of hydrogen-bond donors (Lipinski definition) is 1. The van der Waals surface area contributed by atoms with Gasteiger partial charge < -0.3 is 10.6 Å². The smallest absolute Gasteiger partial charge is 0.0629 e. The van der Waals surface area contributed by atoms with Crippen molar-refractivity contribution in [2.24, 2.45) is 11.8 Å². The van der Waals surface area contributed by atoms with Gasteiger partial charge in [-0.05, 0) is 43.2 Å². The van der Waals surface area contributed by atoms with Gasteiger partial charge in [0.25, 0.3) is 0 Å². The lowest BCUT2D eigenvalue weighted by molar-refractivity contribution is 0.535. The van der Waals surface area contributed by atoms with Gasteiger partial charge in [-0.2, -0.15) is 0 Å². The summed E-state index contributed by atoms with van der Waals surface area (Å²) in [5.41, 5.74) is 9.63. The Morgan fingerprint density at radius 1 is 1.00 bits per heavy atom. The number of nitrogens with two attached hydrogens (primary N) is 1. The minimum atomic E-state index is 0.729. The van der Waals surface area contributed by atoms with Crippen molar-refractivity contribution in [3.8, 4) is 0 Å². The lowest BCUT2D eigenvalue weighted by atomic mass is 10.1. The largest absolute Gasteiger partial charge is 0.397 e. The van der Waals surface area contributed by atoms with Crippen LogP contribution in [0.15, 0.2) is 18.2 Å². The highest BCUT2D eigenvalue weighted by Crippen LogP contribution is 2.28. The highest BCUT2D eigenvalue weighted by atomic mass is 15.1. The Morgan fingerprint density at radius 2 is 1.53 bits per heavy atom. The van der Waals surface area contributed by atoms with Gasteiger partial charge in [-0.1, -0.05) is 39.8 Å². The van der Waals surface area contributed by atoms with Gasteiger partial charge in [0, 0.05) is 13.1 Å². The Labute approximate surface area is 119 Å². The zero-order valence-corrected chi connectivity index (χ0v) is 13.2.